The first-order valence-corrected chi connectivity index (χ1v) is 36.1. The van der Waals surface area contributed by atoms with Gasteiger partial charge < -0.3 is 100 Å². The zero-order valence-corrected chi connectivity index (χ0v) is 60.9. The summed E-state index contributed by atoms with van der Waals surface area (Å²) in [4.78, 5) is 91.8. The summed E-state index contributed by atoms with van der Waals surface area (Å²) in [6.45, 7) is 18.0. The number of ether oxygens (including phenoxy) is 8. The summed E-state index contributed by atoms with van der Waals surface area (Å²) < 4.78 is 165. The van der Waals surface area contributed by atoms with Crippen LogP contribution in [0.3, 0.4) is 0 Å². The molecule has 8 aromatic rings. The molecule has 16 heterocycles. The minimum Gasteiger partial charge on any atom is -0.384 e. The molecule has 16 rings (SSSR count). The Morgan fingerprint density at radius 1 is 0.274 bits per heavy atom. The molecule has 47 heteroatoms. The summed E-state index contributed by atoms with van der Waals surface area (Å²) >= 11 is 0. The smallest absolute Gasteiger partial charge is 0.384 e. The van der Waals surface area contributed by atoms with Crippen LogP contribution in [0, 0.1) is 0 Å². The molecule has 38 nitrogen and oxygen atoms in total. The van der Waals surface area contributed by atoms with Crippen LogP contribution in [-0.4, -0.2) is 300 Å². The normalized spacial score (nSPS) is 18.0. The van der Waals surface area contributed by atoms with Gasteiger partial charge in [-0.3, -0.25) is 0 Å². The molecular formula is C66H81F9N30O8. The van der Waals surface area contributed by atoms with Crippen molar-refractivity contribution < 1.29 is 77.4 Å². The second-order valence-electron chi connectivity index (χ2n) is 25.6. The molecule has 8 saturated heterocycles. The van der Waals surface area contributed by atoms with Crippen molar-refractivity contribution in [3.05, 3.63) is 59.4 Å². The quantitative estimate of drug-likeness (QED) is 0.107. The lowest BCUT2D eigenvalue weighted by Gasteiger charge is -2.30. The van der Waals surface area contributed by atoms with E-state index in [9.17, 15) is 39.5 Å². The molecule has 0 radical (unpaired) electrons. The number of nitrogens with zero attached hydrogens (tertiary/aromatic N) is 26. The summed E-state index contributed by atoms with van der Waals surface area (Å²) in [7, 11) is 0. The van der Waals surface area contributed by atoms with Gasteiger partial charge in [0.2, 0.25) is 59.5 Å². The third-order valence-corrected chi connectivity index (χ3v) is 18.3. The number of halogens is 9. The minimum atomic E-state index is -4.63. The van der Waals surface area contributed by atoms with E-state index in [0.717, 1.165) is 18.3 Å². The second-order valence-corrected chi connectivity index (χ2v) is 25.6. The van der Waals surface area contributed by atoms with E-state index in [-0.39, 0.29) is 74.6 Å². The standard InChI is InChI=1S/C17H20F3N7O2.C17H21F2N7O2.2C16H20F2N8O2/c18-17(19,20)12-9-13(21)22-10-11(12)14-23-15(26-1-5-28-6-2-26)25-16(24-14)27-3-7-29-8-4-27;18-14(19)11-9-13(20)21-10-12(11)15-22-16(25-1-5-27-6-2-25)24-17(23-15)26-3-7-28-8-4-26;2*17-12(18)11-10(9-20-14(19)21-11)13-22-15(25-1-5-27-6-2-25)24-16(23-13)26-3-7-28-8-4-26/h9-10H,1-8H2,(H2,21,22);9-10,14H,1-8H2,(H2,20,21);2*9,12H,1-8H2,(H2,19,20,21). The van der Waals surface area contributed by atoms with E-state index in [0.29, 0.717) is 258 Å². The third kappa shape index (κ3) is 20.7. The first-order valence-electron chi connectivity index (χ1n) is 36.1. The van der Waals surface area contributed by atoms with Gasteiger partial charge in [0.05, 0.1) is 128 Å². The Morgan fingerprint density at radius 3 is 0.735 bits per heavy atom. The fourth-order valence-electron chi connectivity index (χ4n) is 12.4. The van der Waals surface area contributed by atoms with Crippen LogP contribution in [0.25, 0.3) is 45.6 Å². The summed E-state index contributed by atoms with van der Waals surface area (Å²) in [5.74, 6) is 2.72. The van der Waals surface area contributed by atoms with Gasteiger partial charge in [-0.2, -0.15) is 73.0 Å². The molecule has 0 aromatic carbocycles. The highest BCUT2D eigenvalue weighted by Crippen LogP contribution is 2.39. The summed E-state index contributed by atoms with van der Waals surface area (Å²) in [5.41, 5.74) is 19.9. The summed E-state index contributed by atoms with van der Waals surface area (Å²) in [5, 5.41) is 0. The van der Waals surface area contributed by atoms with Crippen molar-refractivity contribution in [1.82, 2.24) is 89.7 Å². The van der Waals surface area contributed by atoms with Gasteiger partial charge in [-0.25, -0.2) is 56.2 Å². The van der Waals surface area contributed by atoms with Crippen molar-refractivity contribution in [2.45, 2.75) is 25.5 Å². The van der Waals surface area contributed by atoms with Crippen LogP contribution in [-0.2, 0) is 44.1 Å². The van der Waals surface area contributed by atoms with Crippen LogP contribution in [0.4, 0.5) is 111 Å². The van der Waals surface area contributed by atoms with E-state index < -0.39 is 42.4 Å². The summed E-state index contributed by atoms with van der Waals surface area (Å²) in [6.07, 6.45) is -8.23. The molecule has 8 N–H and O–H groups in total. The van der Waals surface area contributed by atoms with E-state index in [1.807, 2.05) is 39.2 Å². The average molecular weight is 1590 g/mol. The molecule has 0 unspecified atom stereocenters. The van der Waals surface area contributed by atoms with Gasteiger partial charge >= 0.3 is 6.18 Å². The highest BCUT2D eigenvalue weighted by atomic mass is 19.4. The number of rotatable bonds is 15. The van der Waals surface area contributed by atoms with Gasteiger partial charge in [0.1, 0.15) is 23.0 Å². The van der Waals surface area contributed by atoms with Crippen molar-refractivity contribution >= 4 is 71.1 Å². The zero-order valence-electron chi connectivity index (χ0n) is 60.9. The van der Waals surface area contributed by atoms with E-state index in [4.69, 9.17) is 60.8 Å². The SMILES string of the molecule is Nc1cc(C(F)(F)F)c(-c2nc(N3CCOCC3)nc(N3CCOCC3)n2)cn1.Nc1cc(C(F)F)c(-c2nc(N3CCOCC3)nc(N3CCOCC3)n2)cn1.Nc1ncc(-c2nc(N3CCOCC3)nc(N3CCOCC3)n2)c(C(F)F)n1.Nc1ncc(-c2nc(N3CCOCC3)nc(N3CCOCC3)n2)c(C(F)F)n1. The molecule has 113 heavy (non-hydrogen) atoms. The van der Waals surface area contributed by atoms with Crippen LogP contribution in [0.15, 0.2) is 36.9 Å². The predicted molar refractivity (Wildman–Crippen MR) is 390 cm³/mol. The number of aromatic nitrogens is 18. The van der Waals surface area contributed by atoms with Crippen molar-refractivity contribution in [2.75, 3.05) is 273 Å². The molecular weight excluding hydrogens is 1510 g/mol. The Morgan fingerprint density at radius 2 is 0.496 bits per heavy atom. The van der Waals surface area contributed by atoms with Crippen LogP contribution >= 0.6 is 0 Å². The number of pyridine rings is 2. The van der Waals surface area contributed by atoms with Crippen molar-refractivity contribution in [2.24, 2.45) is 0 Å². The third-order valence-electron chi connectivity index (χ3n) is 18.3. The molecule has 0 bridgehead atoms. The van der Waals surface area contributed by atoms with Gasteiger partial charge in [-0.05, 0) is 12.1 Å². The fourth-order valence-corrected chi connectivity index (χ4v) is 12.4. The van der Waals surface area contributed by atoms with E-state index in [2.05, 4.69) is 89.7 Å². The van der Waals surface area contributed by atoms with Gasteiger partial charge in [-0.15, -0.1) is 0 Å². The Kier molecular flexibility index (Phi) is 26.7. The van der Waals surface area contributed by atoms with Crippen molar-refractivity contribution in [3.63, 3.8) is 0 Å². The second kappa shape index (κ2) is 37.7. The lowest BCUT2D eigenvalue weighted by atomic mass is 10.1. The minimum absolute atomic E-state index is 0.0231. The molecule has 8 aliphatic rings. The molecule has 0 aliphatic carbocycles. The Labute approximate surface area is 639 Å². The monoisotopic (exact) mass is 1590 g/mol. The van der Waals surface area contributed by atoms with Gasteiger partial charge in [0, 0.05) is 141 Å². The largest absolute Gasteiger partial charge is 0.417 e. The number of hydrogen-bond acceptors (Lipinski definition) is 38. The van der Waals surface area contributed by atoms with Crippen LogP contribution < -0.4 is 62.1 Å². The maximum Gasteiger partial charge on any atom is 0.417 e. The number of hydrogen-bond donors (Lipinski definition) is 4. The number of nitrogen functional groups attached to an aromatic ring is 4. The van der Waals surface area contributed by atoms with E-state index in [1.165, 1.54) is 18.6 Å². The Bertz CT molecular complexity index is 3990. The van der Waals surface area contributed by atoms with Crippen molar-refractivity contribution in [3.8, 4) is 45.6 Å². The topological polar surface area (TPSA) is 436 Å². The van der Waals surface area contributed by atoms with E-state index in [1.54, 1.807) is 0 Å². The first-order chi connectivity index (χ1) is 54.8. The van der Waals surface area contributed by atoms with E-state index >= 15 is 0 Å². The Balaban J connectivity index is 0.000000132. The molecule has 0 spiro atoms. The lowest BCUT2D eigenvalue weighted by Crippen LogP contribution is -2.40. The molecule has 8 fully saturated rings. The van der Waals surface area contributed by atoms with Crippen LogP contribution in [0.2, 0.25) is 0 Å². The summed E-state index contributed by atoms with van der Waals surface area (Å²) in [6, 6.07) is 1.95. The highest BCUT2D eigenvalue weighted by Gasteiger charge is 2.37. The highest BCUT2D eigenvalue weighted by molar-refractivity contribution is 5.67. The zero-order chi connectivity index (χ0) is 79.0. The number of alkyl halides is 9. The van der Waals surface area contributed by atoms with Gasteiger partial charge in [0.15, 0.2) is 23.3 Å². The molecule has 606 valence electrons. The average Bonchev–Trinajstić information content (AvgIpc) is 0.797. The maximum atomic E-state index is 13.6. The molecule has 0 saturated carbocycles. The molecule has 0 amide bonds. The predicted octanol–water partition coefficient (Wildman–Crippen LogP) is 3.38. The van der Waals surface area contributed by atoms with Gasteiger partial charge in [-0.1, -0.05) is 0 Å². The first kappa shape index (κ1) is 80.2. The van der Waals surface area contributed by atoms with Crippen LogP contribution in [0.5, 0.6) is 0 Å². The molecule has 8 aliphatic heterocycles. The number of anilines is 12. The lowest BCUT2D eigenvalue weighted by molar-refractivity contribution is -0.137. The molecule has 8 aromatic heterocycles. The molecule has 0 atom stereocenters. The van der Waals surface area contributed by atoms with Crippen LogP contribution in [0.1, 0.15) is 41.8 Å². The van der Waals surface area contributed by atoms with Crippen molar-refractivity contribution in [1.29, 1.82) is 0 Å². The van der Waals surface area contributed by atoms with Gasteiger partial charge in [0.25, 0.3) is 19.3 Å². The number of morpholine rings is 8. The fraction of sp³-hybridized carbons (Fsp3) is 0.545. The maximum absolute atomic E-state index is 13.6. The Hall–Kier alpha value is -10.8. The number of nitrogens with two attached hydrogens (primary N) is 4.